The minimum Gasteiger partial charge on any atom is -0.483 e. The second-order valence-electron chi connectivity index (χ2n) is 9.44. The zero-order chi connectivity index (χ0) is 26.8. The average Bonchev–Trinajstić information content (AvgIpc) is 3.22. The third-order valence-electron chi connectivity index (χ3n) is 5.86. The number of primary amides is 2. The van der Waals surface area contributed by atoms with E-state index in [4.69, 9.17) is 30.4 Å². The van der Waals surface area contributed by atoms with Gasteiger partial charge in [-0.15, -0.1) is 0 Å². The summed E-state index contributed by atoms with van der Waals surface area (Å²) < 4.78 is 23.0. The molecule has 2 aromatic carbocycles. The van der Waals surface area contributed by atoms with E-state index in [1.54, 1.807) is 51.1 Å². The van der Waals surface area contributed by atoms with Crippen molar-refractivity contribution in [3.8, 4) is 11.5 Å². The van der Waals surface area contributed by atoms with E-state index in [1.165, 1.54) is 0 Å². The van der Waals surface area contributed by atoms with Gasteiger partial charge in [-0.05, 0) is 57.2 Å². The first-order valence-corrected chi connectivity index (χ1v) is 17.8. The van der Waals surface area contributed by atoms with Crippen LogP contribution in [0.2, 0.25) is 0 Å². The number of amides is 2. The number of nitrogens with two attached hydrogens (primary N) is 2. The second kappa shape index (κ2) is 11.6. The summed E-state index contributed by atoms with van der Waals surface area (Å²) in [6.45, 7) is 7.54. The molecule has 2 aromatic rings. The van der Waals surface area contributed by atoms with E-state index in [1.807, 2.05) is 64.1 Å². The van der Waals surface area contributed by atoms with Crippen molar-refractivity contribution in [2.75, 3.05) is 0 Å². The summed E-state index contributed by atoms with van der Waals surface area (Å²) in [5.41, 5.74) is 12.9. The van der Waals surface area contributed by atoms with E-state index < -0.39 is 35.6 Å². The summed E-state index contributed by atoms with van der Waals surface area (Å²) >= 11 is 0. The number of fused-ring (bicyclic) bond motifs is 2. The smallest absolute Gasteiger partial charge is 0.405 e. The van der Waals surface area contributed by atoms with Crippen molar-refractivity contribution in [3.05, 3.63) is 58.7 Å². The summed E-state index contributed by atoms with van der Waals surface area (Å²) in [6, 6.07) is 11.8. The molecule has 2 aliphatic rings. The lowest BCUT2D eigenvalue weighted by Gasteiger charge is -2.25. The Bertz CT molecular complexity index is 1090. The molecule has 0 fully saturated rings. The molecule has 2 amide bonds. The van der Waals surface area contributed by atoms with E-state index >= 15 is 0 Å². The monoisotopic (exact) mass is 600 g/mol. The van der Waals surface area contributed by atoms with Crippen LogP contribution in [-0.4, -0.2) is 23.4 Å². The van der Waals surface area contributed by atoms with E-state index in [9.17, 15) is 9.59 Å². The topological polar surface area (TPSA) is 123 Å². The molecule has 0 radical (unpaired) electrons. The Labute approximate surface area is 235 Å². The van der Waals surface area contributed by atoms with Crippen molar-refractivity contribution in [1.82, 2.24) is 0 Å². The quantitative estimate of drug-likeness (QED) is 0.210. The summed E-state index contributed by atoms with van der Waals surface area (Å²) in [4.78, 5) is 22.7. The fourth-order valence-electron chi connectivity index (χ4n) is 4.35. The minimum absolute atomic E-state index is 0.537. The molecule has 0 aromatic heterocycles. The second-order valence-corrected chi connectivity index (χ2v) is 17.2. The number of hydrogen-bond donors (Lipinski definition) is 2. The van der Waals surface area contributed by atoms with Gasteiger partial charge in [-0.2, -0.15) is 0 Å². The predicted octanol–water partition coefficient (Wildman–Crippen LogP) is 7.33. The van der Waals surface area contributed by atoms with Gasteiger partial charge < -0.3 is 30.4 Å². The van der Waals surface area contributed by atoms with Gasteiger partial charge in [0.25, 0.3) is 0 Å². The number of hydrogen-bond acceptors (Lipinski definition) is 11. The van der Waals surface area contributed by atoms with Gasteiger partial charge in [0, 0.05) is 33.8 Å². The summed E-state index contributed by atoms with van der Waals surface area (Å²) in [5.74, 6) is 3.00. The van der Waals surface area contributed by atoms with Crippen LogP contribution in [0, 0.1) is 0 Å². The molecule has 2 unspecified atom stereocenters. The van der Waals surface area contributed by atoms with Crippen LogP contribution in [0.4, 0.5) is 9.59 Å². The molecule has 0 aliphatic carbocycles. The van der Waals surface area contributed by atoms with Crippen molar-refractivity contribution in [2.24, 2.45) is 11.5 Å². The third-order valence-corrected chi connectivity index (χ3v) is 14.4. The average molecular weight is 601 g/mol. The molecular formula is C24H28N2O6S5. The van der Waals surface area contributed by atoms with Crippen LogP contribution >= 0.6 is 51.1 Å². The molecule has 0 bridgehead atoms. The highest BCUT2D eigenvalue weighted by molar-refractivity contribution is 9.35. The summed E-state index contributed by atoms with van der Waals surface area (Å²) in [6.07, 6.45) is -2.70. The Morgan fingerprint density at radius 3 is 1.54 bits per heavy atom. The Balaban J connectivity index is 1.25. The first-order valence-electron chi connectivity index (χ1n) is 11.3. The highest BCUT2D eigenvalue weighted by Gasteiger charge is 2.45. The van der Waals surface area contributed by atoms with Crippen molar-refractivity contribution in [3.63, 3.8) is 0 Å². The first-order chi connectivity index (χ1) is 17.5. The molecular weight excluding hydrogens is 573 g/mol. The Morgan fingerprint density at radius 2 is 1.16 bits per heavy atom. The number of para-hydroxylation sites is 2. The van der Waals surface area contributed by atoms with E-state index in [-0.39, 0.29) is 0 Å². The molecule has 2 aliphatic heterocycles. The highest BCUT2D eigenvalue weighted by Crippen LogP contribution is 2.54. The van der Waals surface area contributed by atoms with E-state index in [0.717, 1.165) is 45.3 Å². The molecule has 4 N–H and O–H groups in total. The minimum atomic E-state index is -0.815. The predicted molar refractivity (Wildman–Crippen MR) is 154 cm³/mol. The standard InChI is InChI=1S/C24H28N2O6S5/c1-23(2)19(29-21(25)27)15-9-5-7-13(17(15)31-23)11-33-35-37-36-34-12-14-8-6-10-16-18(14)32-24(3,4)20(16)30-22(26)28/h5-10,19-20H,11-12H2,1-4H3,(H2,25,27)(H2,26,28). The fourth-order valence-corrected chi connectivity index (χ4v) is 13.0. The van der Waals surface area contributed by atoms with Crippen molar-refractivity contribution >= 4 is 63.3 Å². The van der Waals surface area contributed by atoms with Gasteiger partial charge >= 0.3 is 12.2 Å². The van der Waals surface area contributed by atoms with E-state index in [2.05, 4.69) is 0 Å². The summed E-state index contributed by atoms with van der Waals surface area (Å²) in [5, 5.41) is 0. The van der Waals surface area contributed by atoms with Crippen LogP contribution < -0.4 is 20.9 Å². The zero-order valence-corrected chi connectivity index (χ0v) is 24.8. The van der Waals surface area contributed by atoms with Crippen molar-refractivity contribution < 1.29 is 28.5 Å². The van der Waals surface area contributed by atoms with Gasteiger partial charge in [-0.25, -0.2) is 9.59 Å². The van der Waals surface area contributed by atoms with Crippen LogP contribution in [0.15, 0.2) is 36.4 Å². The third kappa shape index (κ3) is 6.49. The lowest BCUT2D eigenvalue weighted by Crippen LogP contribution is -2.34. The lowest BCUT2D eigenvalue weighted by molar-refractivity contribution is -0.0102. The molecule has 8 nitrogen and oxygen atoms in total. The highest BCUT2D eigenvalue weighted by atomic mass is 33.8. The maximum Gasteiger partial charge on any atom is 0.405 e. The number of ether oxygens (including phenoxy) is 4. The molecule has 37 heavy (non-hydrogen) atoms. The summed E-state index contributed by atoms with van der Waals surface area (Å²) in [7, 11) is 8.47. The van der Waals surface area contributed by atoms with Gasteiger partial charge in [-0.1, -0.05) is 58.0 Å². The van der Waals surface area contributed by atoms with E-state index in [0.29, 0.717) is 0 Å². The van der Waals surface area contributed by atoms with Crippen LogP contribution in [0.1, 0.15) is 62.2 Å². The SMILES string of the molecule is CC1(C)Oc2c(CSSSSSCc3cccc4c3OC(C)(C)C4OC(N)=O)cccc2C1OC(N)=O. The molecule has 0 saturated carbocycles. The number of rotatable bonds is 10. The first kappa shape index (κ1) is 28.3. The van der Waals surface area contributed by atoms with Crippen LogP contribution in [-0.2, 0) is 21.0 Å². The van der Waals surface area contributed by atoms with Gasteiger partial charge in [0.15, 0.2) is 12.2 Å². The van der Waals surface area contributed by atoms with Gasteiger partial charge in [-0.3, -0.25) is 0 Å². The largest absolute Gasteiger partial charge is 0.483 e. The van der Waals surface area contributed by atoms with Crippen LogP contribution in [0.5, 0.6) is 11.5 Å². The maximum absolute atomic E-state index is 11.4. The number of carbonyl (C=O) groups excluding carboxylic acids is 2. The van der Waals surface area contributed by atoms with Gasteiger partial charge in [0.1, 0.15) is 22.7 Å². The zero-order valence-electron chi connectivity index (χ0n) is 20.7. The lowest BCUT2D eigenvalue weighted by atomic mass is 9.96. The molecule has 0 spiro atoms. The van der Waals surface area contributed by atoms with Gasteiger partial charge in [0.2, 0.25) is 0 Å². The maximum atomic E-state index is 11.4. The Hall–Kier alpha value is -1.67. The van der Waals surface area contributed by atoms with Gasteiger partial charge in [0.05, 0.1) is 0 Å². The Kier molecular flexibility index (Phi) is 8.89. The molecule has 0 saturated heterocycles. The van der Waals surface area contributed by atoms with Crippen LogP contribution in [0.25, 0.3) is 0 Å². The normalized spacial score (nSPS) is 20.3. The molecule has 2 atom stereocenters. The number of carbonyl (C=O) groups is 2. The van der Waals surface area contributed by atoms with Crippen molar-refractivity contribution in [2.45, 2.75) is 62.6 Å². The Morgan fingerprint density at radius 1 is 0.757 bits per heavy atom. The molecule has 200 valence electrons. The van der Waals surface area contributed by atoms with Crippen molar-refractivity contribution in [1.29, 1.82) is 0 Å². The number of benzene rings is 2. The molecule has 2 heterocycles. The molecule has 4 rings (SSSR count). The van der Waals surface area contributed by atoms with Crippen LogP contribution in [0.3, 0.4) is 0 Å². The molecule has 13 heteroatoms. The fraction of sp³-hybridized carbons (Fsp3) is 0.417.